The first-order valence-corrected chi connectivity index (χ1v) is 10.4. The van der Waals surface area contributed by atoms with Gasteiger partial charge in [0.15, 0.2) is 0 Å². The molecule has 0 aliphatic heterocycles. The zero-order valence-electron chi connectivity index (χ0n) is 17.4. The first-order chi connectivity index (χ1) is 14.6. The Hall–Kier alpha value is -3.44. The van der Waals surface area contributed by atoms with E-state index in [1.807, 2.05) is 0 Å². The van der Waals surface area contributed by atoms with E-state index in [1.165, 1.54) is 52.7 Å². The number of anilines is 1. The average Bonchev–Trinajstić information content (AvgIpc) is 2.75. The van der Waals surface area contributed by atoms with E-state index >= 15 is 0 Å². The van der Waals surface area contributed by atoms with E-state index in [2.05, 4.69) is 4.72 Å². The Balaban J connectivity index is 2.37. The molecule has 0 amide bonds. The maximum Gasteiger partial charge on any atom is 0.325 e. The number of ether oxygens (including phenoxy) is 4. The van der Waals surface area contributed by atoms with Gasteiger partial charge in [0.2, 0.25) is 0 Å². The van der Waals surface area contributed by atoms with E-state index in [9.17, 15) is 13.2 Å². The Bertz CT molecular complexity index is 1060. The number of hydrogen-bond acceptors (Lipinski definition) is 8. The van der Waals surface area contributed by atoms with Crippen molar-refractivity contribution in [1.82, 2.24) is 0 Å². The zero-order valence-corrected chi connectivity index (χ0v) is 18.2. The van der Waals surface area contributed by atoms with Crippen molar-refractivity contribution in [3.63, 3.8) is 0 Å². The molecule has 0 aliphatic carbocycles. The van der Waals surface area contributed by atoms with Gasteiger partial charge in [-0.05, 0) is 24.3 Å². The summed E-state index contributed by atoms with van der Waals surface area (Å²) in [7, 11) is 1.72. The van der Waals surface area contributed by atoms with Crippen molar-refractivity contribution in [2.75, 3.05) is 33.2 Å². The maximum atomic E-state index is 12.6. The molecule has 2 aromatic carbocycles. The van der Waals surface area contributed by atoms with Crippen molar-refractivity contribution >= 4 is 27.8 Å². The summed E-state index contributed by atoms with van der Waals surface area (Å²) in [6.07, 6.45) is 1.31. The Kier molecular flexibility index (Phi) is 7.72. The van der Waals surface area contributed by atoms with E-state index in [-0.39, 0.29) is 17.0 Å². The fourth-order valence-electron chi connectivity index (χ4n) is 2.73. The van der Waals surface area contributed by atoms with Crippen LogP contribution in [0.5, 0.6) is 23.0 Å². The Morgan fingerprint density at radius 3 is 2.06 bits per heavy atom. The van der Waals surface area contributed by atoms with Crippen molar-refractivity contribution in [3.05, 3.63) is 46.9 Å². The number of rotatable bonds is 10. The number of methoxy groups -OCH3 is 4. The second-order valence-corrected chi connectivity index (χ2v) is 7.73. The normalized spacial score (nSPS) is 12.3. The topological polar surface area (TPSA) is 146 Å². The van der Waals surface area contributed by atoms with Gasteiger partial charge in [0.25, 0.3) is 10.0 Å². The van der Waals surface area contributed by atoms with E-state index in [0.29, 0.717) is 22.8 Å². The number of benzene rings is 2. The third-order valence-corrected chi connectivity index (χ3v) is 5.27. The number of sulfonamides is 1. The highest BCUT2D eigenvalue weighted by atomic mass is 32.2. The molecule has 4 N–H and O–H groups in total. The molecular weight excluding hydrogens is 428 g/mol. The minimum atomic E-state index is -3.98. The van der Waals surface area contributed by atoms with Crippen LogP contribution in [-0.2, 0) is 14.8 Å². The predicted molar refractivity (Wildman–Crippen MR) is 115 cm³/mol. The average molecular weight is 452 g/mol. The summed E-state index contributed by atoms with van der Waals surface area (Å²) in [5.41, 5.74) is 6.29. The quantitative estimate of drug-likeness (QED) is 0.494. The number of nitrogens with one attached hydrogen (secondary N) is 1. The van der Waals surface area contributed by atoms with Crippen LogP contribution in [-0.4, -0.2) is 47.9 Å². The van der Waals surface area contributed by atoms with Gasteiger partial charge < -0.3 is 29.8 Å². The van der Waals surface area contributed by atoms with E-state index in [1.54, 1.807) is 12.1 Å². The molecule has 0 aliphatic rings. The van der Waals surface area contributed by atoms with E-state index in [4.69, 9.17) is 29.8 Å². The highest BCUT2D eigenvalue weighted by Gasteiger charge is 2.20. The van der Waals surface area contributed by atoms with Gasteiger partial charge in [-0.15, -0.1) is 0 Å². The van der Waals surface area contributed by atoms with Gasteiger partial charge in [-0.2, -0.15) is 0 Å². The van der Waals surface area contributed by atoms with Gasteiger partial charge in [-0.3, -0.25) is 9.52 Å². The second kappa shape index (κ2) is 10.0. The fraction of sp³-hybridized carbons (Fsp3) is 0.250. The highest BCUT2D eigenvalue weighted by Crippen LogP contribution is 2.35. The maximum absolute atomic E-state index is 12.6. The molecule has 0 aromatic heterocycles. The van der Waals surface area contributed by atoms with Gasteiger partial charge in [-0.1, -0.05) is 0 Å². The van der Waals surface area contributed by atoms with Crippen LogP contribution >= 0.6 is 0 Å². The first kappa shape index (κ1) is 23.8. The van der Waals surface area contributed by atoms with Crippen LogP contribution < -0.4 is 29.4 Å². The number of carboxylic acids is 1. The van der Waals surface area contributed by atoms with Crippen molar-refractivity contribution in [2.45, 2.75) is 6.04 Å². The molecule has 2 rings (SSSR count). The van der Waals surface area contributed by atoms with Crippen molar-refractivity contribution in [1.29, 1.82) is 0 Å². The molecule has 11 heteroatoms. The standard InChI is InChI=1S/C20H24N2O8S/c1-27-13-10-17(29-3)14(18(11-13)30-4)7-8-31(25,26)22-12-5-6-16(28-2)15(9-12)19(21)20(23)24/h5-11,19,22H,21H2,1-4H3,(H,23,24). The number of carbonyl (C=O) groups is 1. The van der Waals surface area contributed by atoms with Gasteiger partial charge in [0.05, 0.1) is 39.4 Å². The molecule has 168 valence electrons. The summed E-state index contributed by atoms with van der Waals surface area (Å²) in [5, 5.41) is 10.1. The van der Waals surface area contributed by atoms with E-state index < -0.39 is 22.0 Å². The van der Waals surface area contributed by atoms with E-state index in [0.717, 1.165) is 5.41 Å². The number of nitrogens with two attached hydrogens (primary N) is 1. The minimum absolute atomic E-state index is 0.116. The summed E-state index contributed by atoms with van der Waals surface area (Å²) in [6.45, 7) is 0. The molecule has 2 aromatic rings. The molecule has 0 saturated carbocycles. The summed E-state index contributed by atoms with van der Waals surface area (Å²) in [5.74, 6) is 0.119. The van der Waals surface area contributed by atoms with Crippen LogP contribution in [0.15, 0.2) is 35.7 Å². The third kappa shape index (κ3) is 5.80. The lowest BCUT2D eigenvalue weighted by atomic mass is 10.1. The summed E-state index contributed by atoms with van der Waals surface area (Å²) >= 11 is 0. The third-order valence-electron chi connectivity index (χ3n) is 4.26. The van der Waals surface area contributed by atoms with Crippen molar-refractivity contribution in [3.8, 4) is 23.0 Å². The summed E-state index contributed by atoms with van der Waals surface area (Å²) < 4.78 is 48.4. The molecule has 0 fully saturated rings. The molecule has 0 bridgehead atoms. The molecule has 1 unspecified atom stereocenters. The smallest absolute Gasteiger partial charge is 0.325 e. The molecular formula is C20H24N2O8S. The zero-order chi connectivity index (χ0) is 23.2. The molecule has 31 heavy (non-hydrogen) atoms. The Labute approximate surface area is 180 Å². The van der Waals surface area contributed by atoms with Crippen LogP contribution in [0, 0.1) is 0 Å². The minimum Gasteiger partial charge on any atom is -0.496 e. The van der Waals surface area contributed by atoms with Gasteiger partial charge in [0.1, 0.15) is 29.0 Å². The van der Waals surface area contributed by atoms with Crippen molar-refractivity contribution in [2.24, 2.45) is 5.73 Å². The van der Waals surface area contributed by atoms with Crippen LogP contribution in [0.2, 0.25) is 0 Å². The van der Waals surface area contributed by atoms with Gasteiger partial charge in [-0.25, -0.2) is 8.42 Å². The monoisotopic (exact) mass is 452 g/mol. The SMILES string of the molecule is COc1cc(OC)c(C=CS(=O)(=O)Nc2ccc(OC)c(C(N)C(=O)O)c2)c(OC)c1. The number of carboxylic acid groups (broad SMARTS) is 1. The fourth-order valence-corrected chi connectivity index (χ4v) is 3.57. The largest absolute Gasteiger partial charge is 0.496 e. The molecule has 1 atom stereocenters. The van der Waals surface area contributed by atoms with Crippen LogP contribution in [0.1, 0.15) is 17.2 Å². The second-order valence-electron chi connectivity index (χ2n) is 6.17. The Morgan fingerprint density at radius 1 is 1.00 bits per heavy atom. The number of hydrogen-bond donors (Lipinski definition) is 3. The lowest BCUT2D eigenvalue weighted by Gasteiger charge is -2.14. The molecule has 10 nitrogen and oxygen atoms in total. The number of aliphatic carboxylic acids is 1. The van der Waals surface area contributed by atoms with Crippen molar-refractivity contribution < 1.29 is 37.3 Å². The van der Waals surface area contributed by atoms with Crippen LogP contribution in [0.3, 0.4) is 0 Å². The Morgan fingerprint density at radius 2 is 1.58 bits per heavy atom. The summed E-state index contributed by atoms with van der Waals surface area (Å²) in [4.78, 5) is 11.2. The van der Waals surface area contributed by atoms with Gasteiger partial charge >= 0.3 is 5.97 Å². The first-order valence-electron chi connectivity index (χ1n) is 8.83. The van der Waals surface area contributed by atoms with Crippen LogP contribution in [0.4, 0.5) is 5.69 Å². The summed E-state index contributed by atoms with van der Waals surface area (Å²) in [6, 6.07) is 5.95. The highest BCUT2D eigenvalue weighted by molar-refractivity contribution is 7.95. The predicted octanol–water partition coefficient (Wildman–Crippen LogP) is 2.22. The molecule has 0 heterocycles. The molecule has 0 saturated heterocycles. The lowest BCUT2D eigenvalue weighted by Crippen LogP contribution is -2.21. The molecule has 0 spiro atoms. The molecule has 0 radical (unpaired) electrons. The van der Waals surface area contributed by atoms with Crippen LogP contribution in [0.25, 0.3) is 6.08 Å². The van der Waals surface area contributed by atoms with Gasteiger partial charge in [0, 0.05) is 23.4 Å². The lowest BCUT2D eigenvalue weighted by molar-refractivity contribution is -0.138.